The van der Waals surface area contributed by atoms with Crippen molar-refractivity contribution >= 4 is 10.3 Å². The fourth-order valence-corrected chi connectivity index (χ4v) is 2.23. The van der Waals surface area contributed by atoms with Gasteiger partial charge in [0, 0.05) is 12.4 Å². The molecule has 2 nitrogen and oxygen atoms in total. The SMILES string of the molecule is C[C]([Fe+])=Nc1c(C(C)C)cccc1C(C)C.[Cl-].c1ccncc1. The molecular formula is C19H25ClFeN2. The monoisotopic (exact) mass is 372 g/mol. The van der Waals surface area contributed by atoms with Crippen molar-refractivity contribution in [3.05, 3.63) is 59.9 Å². The van der Waals surface area contributed by atoms with Gasteiger partial charge in [0.05, 0.1) is 0 Å². The van der Waals surface area contributed by atoms with E-state index in [1.807, 2.05) is 25.1 Å². The Morgan fingerprint density at radius 3 is 1.65 bits per heavy atom. The molecule has 0 radical (unpaired) electrons. The maximum atomic E-state index is 4.61. The van der Waals surface area contributed by atoms with Crippen LogP contribution >= 0.6 is 0 Å². The predicted molar refractivity (Wildman–Crippen MR) is 91.6 cm³/mol. The second kappa shape index (κ2) is 11.4. The molecule has 1 aromatic heterocycles. The van der Waals surface area contributed by atoms with Crippen molar-refractivity contribution in [1.82, 2.24) is 4.98 Å². The zero-order valence-electron chi connectivity index (χ0n) is 14.4. The van der Waals surface area contributed by atoms with Crippen molar-refractivity contribution < 1.29 is 28.4 Å². The molecule has 0 aliphatic heterocycles. The molecule has 0 saturated carbocycles. The van der Waals surface area contributed by atoms with Gasteiger partial charge in [0.15, 0.2) is 0 Å². The van der Waals surface area contributed by atoms with Crippen LogP contribution in [0.25, 0.3) is 0 Å². The molecule has 0 unspecified atom stereocenters. The van der Waals surface area contributed by atoms with Gasteiger partial charge < -0.3 is 12.4 Å². The van der Waals surface area contributed by atoms with Gasteiger partial charge in [-0.05, 0) is 12.1 Å². The molecule has 0 atom stereocenters. The average Bonchev–Trinajstić information content (AvgIpc) is 2.48. The van der Waals surface area contributed by atoms with Gasteiger partial charge in [0.1, 0.15) is 0 Å². The molecule has 0 amide bonds. The van der Waals surface area contributed by atoms with E-state index < -0.39 is 0 Å². The molecule has 0 N–H and O–H groups in total. The van der Waals surface area contributed by atoms with Crippen LogP contribution in [0.5, 0.6) is 0 Å². The third kappa shape index (κ3) is 7.78. The van der Waals surface area contributed by atoms with Gasteiger partial charge in [0.25, 0.3) is 0 Å². The topological polar surface area (TPSA) is 25.2 Å². The van der Waals surface area contributed by atoms with Gasteiger partial charge in [-0.1, -0.05) is 6.07 Å². The first-order valence-corrected chi connectivity index (χ1v) is 8.16. The molecule has 0 fully saturated rings. The van der Waals surface area contributed by atoms with Crippen LogP contribution in [0.1, 0.15) is 57.6 Å². The van der Waals surface area contributed by atoms with Crippen molar-refractivity contribution in [3.8, 4) is 0 Å². The van der Waals surface area contributed by atoms with Crippen LogP contribution in [0.15, 0.2) is 53.8 Å². The number of rotatable bonds is 3. The second-order valence-electron chi connectivity index (χ2n) is 5.71. The molecule has 2 rings (SSSR count). The van der Waals surface area contributed by atoms with Gasteiger partial charge >= 0.3 is 107 Å². The van der Waals surface area contributed by atoms with E-state index in [1.54, 1.807) is 12.4 Å². The van der Waals surface area contributed by atoms with Gasteiger partial charge in [-0.3, -0.25) is 4.98 Å². The van der Waals surface area contributed by atoms with Crippen LogP contribution in [-0.4, -0.2) is 9.59 Å². The number of hydrogen-bond donors (Lipinski definition) is 0. The summed E-state index contributed by atoms with van der Waals surface area (Å²) < 4.78 is 0.870. The number of aromatic nitrogens is 1. The summed E-state index contributed by atoms with van der Waals surface area (Å²) in [5, 5.41) is 0. The third-order valence-electron chi connectivity index (χ3n) is 3.17. The minimum absolute atomic E-state index is 0. The number of aliphatic imine (C=N–C) groups is 1. The number of para-hydroxylation sites is 1. The Kier molecular flexibility index (Phi) is 10.8. The van der Waals surface area contributed by atoms with E-state index in [0.29, 0.717) is 11.8 Å². The summed E-state index contributed by atoms with van der Waals surface area (Å²) in [7, 11) is 0. The van der Waals surface area contributed by atoms with E-state index in [4.69, 9.17) is 0 Å². The first-order chi connectivity index (χ1) is 10.4. The maximum absolute atomic E-state index is 4.61. The zero-order chi connectivity index (χ0) is 16.5. The normalized spacial score (nSPS) is 10.9. The summed E-state index contributed by atoms with van der Waals surface area (Å²) in [6.45, 7) is 10.8. The van der Waals surface area contributed by atoms with Gasteiger partial charge in [-0.15, -0.1) is 0 Å². The number of nitrogens with zero attached hydrogens (tertiary/aromatic N) is 2. The summed E-state index contributed by atoms with van der Waals surface area (Å²) in [5.74, 6) is 0.994. The molecule has 1 heterocycles. The standard InChI is InChI=1S/C14H20N.C5H5N.ClH.Fe/c1-6-15-14-12(10(2)3)8-7-9-13(14)11(4)5;1-2-4-6-5-3-1;;/h7-11H,1-5H3;1-5H;1H;/q;;;+1/p-1. The number of hydrogen-bond acceptors (Lipinski definition) is 2. The second-order valence-corrected chi connectivity index (χ2v) is 6.51. The van der Waals surface area contributed by atoms with Crippen molar-refractivity contribution in [2.75, 3.05) is 0 Å². The minimum Gasteiger partial charge on any atom is -1.00 e. The zero-order valence-corrected chi connectivity index (χ0v) is 16.3. The summed E-state index contributed by atoms with van der Waals surface area (Å²) in [6, 6.07) is 12.2. The van der Waals surface area contributed by atoms with E-state index in [2.05, 4.69) is 71.9 Å². The smallest absolute Gasteiger partial charge is 0.0267 e. The Hall–Kier alpha value is -1.15. The van der Waals surface area contributed by atoms with Crippen molar-refractivity contribution in [1.29, 1.82) is 0 Å². The molecular weight excluding hydrogens is 348 g/mol. The third-order valence-corrected chi connectivity index (χ3v) is 3.30. The van der Waals surface area contributed by atoms with Crippen molar-refractivity contribution in [2.45, 2.75) is 46.5 Å². The first kappa shape index (κ1) is 21.8. The molecule has 2 aromatic rings. The predicted octanol–water partition coefficient (Wildman–Crippen LogP) is 2.62. The average molecular weight is 373 g/mol. The molecule has 126 valence electrons. The molecule has 0 bridgehead atoms. The molecule has 1 aromatic carbocycles. The van der Waals surface area contributed by atoms with E-state index in [9.17, 15) is 0 Å². The molecule has 23 heavy (non-hydrogen) atoms. The largest absolute Gasteiger partial charge is 1.00 e. The quantitative estimate of drug-likeness (QED) is 0.600. The van der Waals surface area contributed by atoms with E-state index in [0.717, 1.165) is 10.3 Å². The van der Waals surface area contributed by atoms with Gasteiger partial charge in [0.2, 0.25) is 0 Å². The van der Waals surface area contributed by atoms with Gasteiger partial charge in [-0.25, -0.2) is 0 Å². The Morgan fingerprint density at radius 2 is 1.39 bits per heavy atom. The van der Waals surface area contributed by atoms with Crippen LogP contribution in [0.4, 0.5) is 5.69 Å². The van der Waals surface area contributed by atoms with Crippen LogP contribution in [0.2, 0.25) is 0 Å². The molecule has 0 aliphatic rings. The fourth-order valence-electron chi connectivity index (χ4n) is 2.10. The Labute approximate surface area is 155 Å². The number of pyridine rings is 1. The van der Waals surface area contributed by atoms with Crippen LogP contribution in [0, 0.1) is 0 Å². The summed E-state index contributed by atoms with van der Waals surface area (Å²) in [5.41, 5.74) is 3.75. The Balaban J connectivity index is 0.000000581. The van der Waals surface area contributed by atoms with Crippen LogP contribution in [-0.2, 0) is 16.0 Å². The Bertz CT molecular complexity index is 539. The maximum Gasteiger partial charge on any atom is 0.0267 e. The first-order valence-electron chi connectivity index (χ1n) is 7.60. The van der Waals surface area contributed by atoms with Crippen molar-refractivity contribution in [2.24, 2.45) is 4.99 Å². The van der Waals surface area contributed by atoms with E-state index >= 15 is 0 Å². The van der Waals surface area contributed by atoms with E-state index in [1.165, 1.54) is 11.1 Å². The Morgan fingerprint density at radius 1 is 0.913 bits per heavy atom. The van der Waals surface area contributed by atoms with Crippen LogP contribution in [0.3, 0.4) is 0 Å². The minimum atomic E-state index is 0. The number of halogens is 1. The van der Waals surface area contributed by atoms with Gasteiger partial charge in [-0.2, -0.15) is 0 Å². The summed E-state index contributed by atoms with van der Waals surface area (Å²) in [6.07, 6.45) is 3.50. The van der Waals surface area contributed by atoms with Crippen LogP contribution < -0.4 is 12.4 Å². The van der Waals surface area contributed by atoms with Crippen molar-refractivity contribution in [3.63, 3.8) is 0 Å². The summed E-state index contributed by atoms with van der Waals surface area (Å²) in [4.78, 5) is 8.39. The molecule has 4 heteroatoms. The summed E-state index contributed by atoms with van der Waals surface area (Å²) >= 11 is 3.88. The molecule has 0 aliphatic carbocycles. The molecule has 0 spiro atoms. The number of benzene rings is 1. The van der Waals surface area contributed by atoms with E-state index in [-0.39, 0.29) is 12.4 Å². The molecule has 0 saturated heterocycles. The fraction of sp³-hybridized carbons (Fsp3) is 0.368.